The van der Waals surface area contributed by atoms with Crippen LogP contribution in [0.5, 0.6) is 0 Å². The van der Waals surface area contributed by atoms with Gasteiger partial charge in [0.15, 0.2) is 0 Å². The predicted molar refractivity (Wildman–Crippen MR) is 94.4 cm³/mol. The van der Waals surface area contributed by atoms with Crippen molar-refractivity contribution < 1.29 is 0 Å². The molecule has 0 radical (unpaired) electrons. The highest BCUT2D eigenvalue weighted by molar-refractivity contribution is 5.95. The highest BCUT2D eigenvalue weighted by Crippen LogP contribution is 2.29. The van der Waals surface area contributed by atoms with Crippen molar-refractivity contribution in [3.63, 3.8) is 0 Å². The van der Waals surface area contributed by atoms with E-state index in [4.69, 9.17) is 4.98 Å². The van der Waals surface area contributed by atoms with Crippen molar-refractivity contribution in [1.82, 2.24) is 14.5 Å². The van der Waals surface area contributed by atoms with E-state index in [1.165, 1.54) is 43.0 Å². The minimum atomic E-state index is 0.520. The van der Waals surface area contributed by atoms with Crippen LogP contribution in [0.25, 0.3) is 22.2 Å². The van der Waals surface area contributed by atoms with Crippen LogP contribution in [0.2, 0.25) is 0 Å². The van der Waals surface area contributed by atoms with E-state index in [2.05, 4.69) is 52.4 Å². The molecular formula is C19H22N4. The molecule has 0 spiro atoms. The Morgan fingerprint density at radius 3 is 2.78 bits per heavy atom. The van der Waals surface area contributed by atoms with E-state index in [1.54, 1.807) is 0 Å². The van der Waals surface area contributed by atoms with E-state index in [0.717, 1.165) is 17.2 Å². The normalized spacial score (nSPS) is 15.9. The molecule has 0 aliphatic heterocycles. The van der Waals surface area contributed by atoms with Crippen LogP contribution in [0.4, 0.5) is 5.95 Å². The molecule has 23 heavy (non-hydrogen) atoms. The number of fused-ring (bicyclic) bond motifs is 1. The van der Waals surface area contributed by atoms with Crippen LogP contribution in [-0.2, 0) is 7.05 Å². The third kappa shape index (κ3) is 2.81. The average Bonchev–Trinajstić information content (AvgIpc) is 2.94. The molecule has 4 nitrogen and oxygen atoms in total. The summed E-state index contributed by atoms with van der Waals surface area (Å²) in [5, 5.41) is 4.75. The van der Waals surface area contributed by atoms with Crippen molar-refractivity contribution in [2.24, 2.45) is 7.05 Å². The molecule has 118 valence electrons. The molecule has 1 aromatic carbocycles. The van der Waals surface area contributed by atoms with E-state index in [-0.39, 0.29) is 0 Å². The number of para-hydroxylation sites is 1. The standard InChI is InChI=1S/C19H22N4/c1-23-13-16(15-9-5-6-10-18(15)23)17-11-12-20-19(22-17)21-14-7-3-2-4-8-14/h5-6,9-14H,2-4,7-8H2,1H3,(H,20,21,22). The average molecular weight is 306 g/mol. The number of nitrogens with zero attached hydrogens (tertiary/aromatic N) is 3. The molecule has 0 saturated heterocycles. The zero-order chi connectivity index (χ0) is 15.6. The number of rotatable bonds is 3. The molecule has 4 rings (SSSR count). The van der Waals surface area contributed by atoms with Gasteiger partial charge in [-0.2, -0.15) is 0 Å². The van der Waals surface area contributed by atoms with Gasteiger partial charge >= 0.3 is 0 Å². The van der Waals surface area contributed by atoms with Gasteiger partial charge in [-0.3, -0.25) is 0 Å². The second kappa shape index (κ2) is 6.03. The third-order valence-corrected chi connectivity index (χ3v) is 4.77. The zero-order valence-electron chi connectivity index (χ0n) is 13.5. The molecule has 0 bridgehead atoms. The summed E-state index contributed by atoms with van der Waals surface area (Å²) < 4.78 is 2.15. The fourth-order valence-corrected chi connectivity index (χ4v) is 3.55. The van der Waals surface area contributed by atoms with Crippen molar-refractivity contribution in [3.05, 3.63) is 42.7 Å². The van der Waals surface area contributed by atoms with Gasteiger partial charge in [0.05, 0.1) is 5.69 Å². The summed E-state index contributed by atoms with van der Waals surface area (Å²) in [5.74, 6) is 0.752. The van der Waals surface area contributed by atoms with E-state index < -0.39 is 0 Å². The first kappa shape index (κ1) is 14.2. The molecule has 1 N–H and O–H groups in total. The van der Waals surface area contributed by atoms with Gasteiger partial charge in [0, 0.05) is 41.9 Å². The van der Waals surface area contributed by atoms with Crippen molar-refractivity contribution >= 4 is 16.9 Å². The second-order valence-corrected chi connectivity index (χ2v) is 6.42. The van der Waals surface area contributed by atoms with Gasteiger partial charge in [0.25, 0.3) is 0 Å². The number of hydrogen-bond acceptors (Lipinski definition) is 3. The maximum Gasteiger partial charge on any atom is 0.223 e. The first-order chi connectivity index (χ1) is 11.3. The van der Waals surface area contributed by atoms with Gasteiger partial charge < -0.3 is 9.88 Å². The Labute approximate surface area is 136 Å². The van der Waals surface area contributed by atoms with Crippen LogP contribution < -0.4 is 5.32 Å². The van der Waals surface area contributed by atoms with Crippen LogP contribution in [0.3, 0.4) is 0 Å². The molecule has 2 heterocycles. The van der Waals surface area contributed by atoms with Gasteiger partial charge in [0.2, 0.25) is 5.95 Å². The first-order valence-electron chi connectivity index (χ1n) is 8.45. The minimum Gasteiger partial charge on any atom is -0.351 e. The molecule has 1 fully saturated rings. The largest absolute Gasteiger partial charge is 0.351 e. The summed E-state index contributed by atoms with van der Waals surface area (Å²) in [7, 11) is 2.08. The fourth-order valence-electron chi connectivity index (χ4n) is 3.55. The second-order valence-electron chi connectivity index (χ2n) is 6.42. The molecule has 0 amide bonds. The van der Waals surface area contributed by atoms with E-state index in [1.807, 2.05) is 12.3 Å². The molecule has 0 atom stereocenters. The van der Waals surface area contributed by atoms with Gasteiger partial charge in [-0.25, -0.2) is 9.97 Å². The van der Waals surface area contributed by atoms with E-state index >= 15 is 0 Å². The molecule has 4 heteroatoms. The Kier molecular flexibility index (Phi) is 3.74. The lowest BCUT2D eigenvalue weighted by Crippen LogP contribution is -2.23. The summed E-state index contributed by atoms with van der Waals surface area (Å²) in [6.07, 6.45) is 10.4. The summed E-state index contributed by atoms with van der Waals surface area (Å²) in [6, 6.07) is 11.0. The Hall–Kier alpha value is -2.36. The molecule has 0 unspecified atom stereocenters. The third-order valence-electron chi connectivity index (χ3n) is 4.77. The summed E-state index contributed by atoms with van der Waals surface area (Å²) in [4.78, 5) is 9.18. The van der Waals surface area contributed by atoms with E-state index in [0.29, 0.717) is 6.04 Å². The summed E-state index contributed by atoms with van der Waals surface area (Å²) in [5.41, 5.74) is 3.37. The molecule has 3 aromatic rings. The molecule has 1 aliphatic rings. The fraction of sp³-hybridized carbons (Fsp3) is 0.368. The van der Waals surface area contributed by atoms with Crippen molar-refractivity contribution in [1.29, 1.82) is 0 Å². The number of aromatic nitrogens is 3. The number of benzene rings is 1. The highest BCUT2D eigenvalue weighted by Gasteiger charge is 2.15. The number of anilines is 1. The summed E-state index contributed by atoms with van der Waals surface area (Å²) >= 11 is 0. The number of hydrogen-bond donors (Lipinski definition) is 1. The quantitative estimate of drug-likeness (QED) is 0.781. The number of nitrogens with one attached hydrogen (secondary N) is 1. The lowest BCUT2D eigenvalue weighted by molar-refractivity contribution is 0.461. The zero-order valence-corrected chi connectivity index (χ0v) is 13.5. The molecule has 2 aromatic heterocycles. The van der Waals surface area contributed by atoms with Gasteiger partial charge in [-0.15, -0.1) is 0 Å². The van der Waals surface area contributed by atoms with Crippen LogP contribution in [0.1, 0.15) is 32.1 Å². The first-order valence-corrected chi connectivity index (χ1v) is 8.45. The van der Waals surface area contributed by atoms with E-state index in [9.17, 15) is 0 Å². The van der Waals surface area contributed by atoms with Gasteiger partial charge in [-0.1, -0.05) is 37.5 Å². The highest BCUT2D eigenvalue weighted by atomic mass is 15.1. The van der Waals surface area contributed by atoms with Crippen LogP contribution in [-0.4, -0.2) is 20.6 Å². The Morgan fingerprint density at radius 1 is 1.09 bits per heavy atom. The Morgan fingerprint density at radius 2 is 1.91 bits per heavy atom. The monoisotopic (exact) mass is 306 g/mol. The molecule has 1 saturated carbocycles. The Bertz CT molecular complexity index is 815. The minimum absolute atomic E-state index is 0.520. The lowest BCUT2D eigenvalue weighted by Gasteiger charge is -2.22. The van der Waals surface area contributed by atoms with Gasteiger partial charge in [0.1, 0.15) is 0 Å². The maximum atomic E-state index is 4.77. The molecule has 1 aliphatic carbocycles. The SMILES string of the molecule is Cn1cc(-c2ccnc(NC3CCCCC3)n2)c2ccccc21. The smallest absolute Gasteiger partial charge is 0.223 e. The van der Waals surface area contributed by atoms with Gasteiger partial charge in [-0.05, 0) is 25.0 Å². The predicted octanol–water partition coefficient (Wildman–Crippen LogP) is 4.38. The lowest BCUT2D eigenvalue weighted by atomic mass is 9.96. The van der Waals surface area contributed by atoms with Crippen molar-refractivity contribution in [2.45, 2.75) is 38.1 Å². The topological polar surface area (TPSA) is 42.7 Å². The molecular weight excluding hydrogens is 284 g/mol. The van der Waals surface area contributed by atoms with Crippen LogP contribution in [0, 0.1) is 0 Å². The maximum absolute atomic E-state index is 4.77. The van der Waals surface area contributed by atoms with Crippen molar-refractivity contribution in [2.75, 3.05) is 5.32 Å². The number of aryl methyl sites for hydroxylation is 1. The van der Waals surface area contributed by atoms with Crippen LogP contribution in [0.15, 0.2) is 42.7 Å². The Balaban J connectivity index is 1.67. The van der Waals surface area contributed by atoms with Crippen LogP contribution >= 0.6 is 0 Å². The van der Waals surface area contributed by atoms with Crippen molar-refractivity contribution in [3.8, 4) is 11.3 Å². The summed E-state index contributed by atoms with van der Waals surface area (Å²) in [6.45, 7) is 0.